The Kier molecular flexibility index (Phi) is 5.50. The topological polar surface area (TPSA) is 66.9 Å². The molecule has 27 heavy (non-hydrogen) atoms. The number of nitrogens with zero attached hydrogens (tertiary/aromatic N) is 2. The van der Waals surface area contributed by atoms with Crippen molar-refractivity contribution >= 4 is 23.2 Å². The summed E-state index contributed by atoms with van der Waals surface area (Å²) in [7, 11) is 0. The second kappa shape index (κ2) is 7.99. The number of amides is 1. The van der Waals surface area contributed by atoms with Gasteiger partial charge in [-0.25, -0.2) is 9.97 Å². The Labute approximate surface area is 159 Å². The lowest BCUT2D eigenvalue weighted by Crippen LogP contribution is -2.15. The van der Waals surface area contributed by atoms with Crippen molar-refractivity contribution < 1.29 is 4.79 Å². The van der Waals surface area contributed by atoms with Crippen molar-refractivity contribution in [1.82, 2.24) is 9.97 Å². The standard InChI is InChI=1S/C22H24N4O/c1-14(2)18-12-8-9-15(3)20(18)26-22-23-16(4)13-19(25-22)21(27)24-17-10-6-5-7-11-17/h5-14H,1-4H3,(H,24,27)(H,23,25,26). The van der Waals surface area contributed by atoms with Crippen LogP contribution in [-0.2, 0) is 0 Å². The molecule has 0 atom stereocenters. The highest BCUT2D eigenvalue weighted by Crippen LogP contribution is 2.29. The van der Waals surface area contributed by atoms with E-state index in [1.165, 1.54) is 5.56 Å². The summed E-state index contributed by atoms with van der Waals surface area (Å²) >= 11 is 0. The third-order valence-corrected chi connectivity index (χ3v) is 4.28. The van der Waals surface area contributed by atoms with Gasteiger partial charge in [0, 0.05) is 17.1 Å². The van der Waals surface area contributed by atoms with Crippen molar-refractivity contribution in [3.63, 3.8) is 0 Å². The first kappa shape index (κ1) is 18.6. The summed E-state index contributed by atoms with van der Waals surface area (Å²) in [4.78, 5) is 21.5. The lowest BCUT2D eigenvalue weighted by atomic mass is 9.98. The zero-order valence-corrected chi connectivity index (χ0v) is 16.1. The number of benzene rings is 2. The molecule has 3 aromatic rings. The summed E-state index contributed by atoms with van der Waals surface area (Å²) in [5.74, 6) is 0.520. The van der Waals surface area contributed by atoms with Gasteiger partial charge in [-0.15, -0.1) is 0 Å². The first-order chi connectivity index (χ1) is 12.9. The van der Waals surface area contributed by atoms with Crippen LogP contribution < -0.4 is 10.6 Å². The maximum atomic E-state index is 12.6. The predicted molar refractivity (Wildman–Crippen MR) is 110 cm³/mol. The molecule has 0 aliphatic carbocycles. The molecule has 5 nitrogen and oxygen atoms in total. The van der Waals surface area contributed by atoms with Crippen LogP contribution in [0.4, 0.5) is 17.3 Å². The third-order valence-electron chi connectivity index (χ3n) is 4.28. The highest BCUT2D eigenvalue weighted by atomic mass is 16.1. The number of hydrogen-bond donors (Lipinski definition) is 2. The Morgan fingerprint density at radius 3 is 2.41 bits per heavy atom. The van der Waals surface area contributed by atoms with Crippen LogP contribution in [0.5, 0.6) is 0 Å². The molecule has 138 valence electrons. The van der Waals surface area contributed by atoms with Crippen molar-refractivity contribution in [3.05, 3.63) is 77.1 Å². The Balaban J connectivity index is 1.89. The van der Waals surface area contributed by atoms with E-state index in [-0.39, 0.29) is 5.91 Å². The first-order valence-corrected chi connectivity index (χ1v) is 9.02. The molecule has 0 saturated carbocycles. The number of aryl methyl sites for hydroxylation is 2. The second-order valence-corrected chi connectivity index (χ2v) is 6.86. The predicted octanol–water partition coefficient (Wildman–Crippen LogP) is 5.21. The summed E-state index contributed by atoms with van der Waals surface area (Å²) in [6.07, 6.45) is 0. The summed E-state index contributed by atoms with van der Waals surface area (Å²) < 4.78 is 0. The smallest absolute Gasteiger partial charge is 0.274 e. The number of carbonyl (C=O) groups excluding carboxylic acids is 1. The normalized spacial score (nSPS) is 10.7. The highest BCUT2D eigenvalue weighted by Gasteiger charge is 2.14. The molecular formula is C22H24N4O. The Hall–Kier alpha value is -3.21. The molecule has 0 aliphatic heterocycles. The number of nitrogens with one attached hydrogen (secondary N) is 2. The van der Waals surface area contributed by atoms with Crippen LogP contribution in [0.15, 0.2) is 54.6 Å². The maximum Gasteiger partial charge on any atom is 0.274 e. The van der Waals surface area contributed by atoms with Gasteiger partial charge in [0.1, 0.15) is 5.69 Å². The molecule has 1 heterocycles. The van der Waals surface area contributed by atoms with Crippen LogP contribution in [0.3, 0.4) is 0 Å². The fourth-order valence-corrected chi connectivity index (χ4v) is 2.91. The van der Waals surface area contributed by atoms with Gasteiger partial charge < -0.3 is 10.6 Å². The van der Waals surface area contributed by atoms with Crippen molar-refractivity contribution in [2.45, 2.75) is 33.6 Å². The number of rotatable bonds is 5. The molecule has 0 aliphatic rings. The molecule has 0 unspecified atom stereocenters. The van der Waals surface area contributed by atoms with Crippen molar-refractivity contribution in [1.29, 1.82) is 0 Å². The highest BCUT2D eigenvalue weighted by molar-refractivity contribution is 6.03. The monoisotopic (exact) mass is 360 g/mol. The van der Waals surface area contributed by atoms with Crippen LogP contribution in [-0.4, -0.2) is 15.9 Å². The van der Waals surface area contributed by atoms with E-state index >= 15 is 0 Å². The van der Waals surface area contributed by atoms with Gasteiger partial charge in [-0.3, -0.25) is 4.79 Å². The van der Waals surface area contributed by atoms with Crippen LogP contribution in [0.1, 0.15) is 47.1 Å². The lowest BCUT2D eigenvalue weighted by Gasteiger charge is -2.17. The van der Waals surface area contributed by atoms with Crippen LogP contribution in [0.2, 0.25) is 0 Å². The molecule has 2 aromatic carbocycles. The molecule has 0 spiro atoms. The number of carbonyl (C=O) groups is 1. The first-order valence-electron chi connectivity index (χ1n) is 9.02. The van der Waals surface area contributed by atoms with E-state index in [1.807, 2.05) is 56.3 Å². The number of anilines is 3. The van der Waals surface area contributed by atoms with E-state index in [9.17, 15) is 4.79 Å². The van der Waals surface area contributed by atoms with Gasteiger partial charge in [0.25, 0.3) is 5.91 Å². The van der Waals surface area contributed by atoms with Crippen LogP contribution >= 0.6 is 0 Å². The SMILES string of the molecule is Cc1cc(C(=O)Nc2ccccc2)nc(Nc2c(C)cccc2C(C)C)n1. The molecule has 0 bridgehead atoms. The molecule has 5 heteroatoms. The number of hydrogen-bond acceptors (Lipinski definition) is 4. The van der Waals surface area contributed by atoms with Crippen LogP contribution in [0, 0.1) is 13.8 Å². The van der Waals surface area contributed by atoms with Gasteiger partial charge in [-0.2, -0.15) is 0 Å². The van der Waals surface area contributed by atoms with Gasteiger partial charge in [0.05, 0.1) is 0 Å². The fourth-order valence-electron chi connectivity index (χ4n) is 2.91. The van der Waals surface area contributed by atoms with E-state index in [4.69, 9.17) is 0 Å². The minimum Gasteiger partial charge on any atom is -0.324 e. The van der Waals surface area contributed by atoms with Gasteiger partial charge in [-0.1, -0.05) is 50.2 Å². The molecule has 1 aromatic heterocycles. The molecule has 0 radical (unpaired) electrons. The Morgan fingerprint density at radius 1 is 0.963 bits per heavy atom. The minimum absolute atomic E-state index is 0.261. The van der Waals surface area contributed by atoms with Crippen molar-refractivity contribution in [2.75, 3.05) is 10.6 Å². The second-order valence-electron chi connectivity index (χ2n) is 6.86. The number of para-hydroxylation sites is 2. The quantitative estimate of drug-likeness (QED) is 0.655. The van der Waals surface area contributed by atoms with E-state index in [0.717, 1.165) is 22.6 Å². The maximum absolute atomic E-state index is 12.6. The van der Waals surface area contributed by atoms with Crippen LogP contribution in [0.25, 0.3) is 0 Å². The van der Waals surface area contributed by atoms with Gasteiger partial charge >= 0.3 is 0 Å². The molecular weight excluding hydrogens is 336 g/mol. The zero-order chi connectivity index (χ0) is 19.4. The molecule has 1 amide bonds. The van der Waals surface area contributed by atoms with Gasteiger partial charge in [-0.05, 0) is 49.1 Å². The van der Waals surface area contributed by atoms with Crippen molar-refractivity contribution in [2.24, 2.45) is 0 Å². The number of aromatic nitrogens is 2. The van der Waals surface area contributed by atoms with Gasteiger partial charge in [0.2, 0.25) is 5.95 Å². The summed E-state index contributed by atoms with van der Waals surface area (Å²) in [5, 5.41) is 6.18. The van der Waals surface area contributed by atoms with E-state index < -0.39 is 0 Å². The third kappa shape index (κ3) is 4.50. The molecule has 0 saturated heterocycles. The van der Waals surface area contributed by atoms with Gasteiger partial charge in [0.15, 0.2) is 0 Å². The minimum atomic E-state index is -0.261. The summed E-state index contributed by atoms with van der Waals surface area (Å²) in [6.45, 7) is 8.20. The average Bonchev–Trinajstić information content (AvgIpc) is 2.63. The average molecular weight is 360 g/mol. The summed E-state index contributed by atoms with van der Waals surface area (Å²) in [5.41, 5.74) is 5.08. The van der Waals surface area contributed by atoms with E-state index in [0.29, 0.717) is 17.6 Å². The molecule has 2 N–H and O–H groups in total. The van der Waals surface area contributed by atoms with Crippen molar-refractivity contribution in [3.8, 4) is 0 Å². The Bertz CT molecular complexity index is 952. The lowest BCUT2D eigenvalue weighted by molar-refractivity contribution is 0.102. The fraction of sp³-hybridized carbons (Fsp3) is 0.227. The largest absolute Gasteiger partial charge is 0.324 e. The molecule has 0 fully saturated rings. The zero-order valence-electron chi connectivity index (χ0n) is 16.1. The molecule has 3 rings (SSSR count). The van der Waals surface area contributed by atoms with E-state index in [1.54, 1.807) is 6.07 Å². The van der Waals surface area contributed by atoms with E-state index in [2.05, 4.69) is 40.5 Å². The summed E-state index contributed by atoms with van der Waals surface area (Å²) in [6, 6.07) is 17.2. The Morgan fingerprint density at radius 2 is 1.70 bits per heavy atom.